The second-order valence-electron chi connectivity index (χ2n) is 5.24. The highest BCUT2D eigenvalue weighted by molar-refractivity contribution is 5.33. The molecule has 19 heavy (non-hydrogen) atoms. The van der Waals surface area contributed by atoms with E-state index < -0.39 is 23.0 Å². The first kappa shape index (κ1) is 14.3. The molecular formula is C14H17F4N. The number of rotatable bonds is 2. The maximum atomic E-state index is 14.0. The summed E-state index contributed by atoms with van der Waals surface area (Å²) < 4.78 is 51.6. The summed E-state index contributed by atoms with van der Waals surface area (Å²) in [6.07, 6.45) is -0.0707. The van der Waals surface area contributed by atoms with Crippen LogP contribution < -0.4 is 5.73 Å². The van der Waals surface area contributed by atoms with Crippen LogP contribution in [0.2, 0.25) is 0 Å². The SMILES string of the molecule is NCC1(c2ccc(C(F)(F)F)cc2F)CCCCC1. The number of benzene rings is 1. The second kappa shape index (κ2) is 5.12. The normalized spacial score (nSPS) is 19.4. The molecule has 2 rings (SSSR count). The summed E-state index contributed by atoms with van der Waals surface area (Å²) in [4.78, 5) is 0. The smallest absolute Gasteiger partial charge is 0.330 e. The predicted molar refractivity (Wildman–Crippen MR) is 65.2 cm³/mol. The summed E-state index contributed by atoms with van der Waals surface area (Å²) in [6.45, 7) is 0.273. The Balaban J connectivity index is 2.39. The Bertz CT molecular complexity index is 447. The first-order chi connectivity index (χ1) is 8.89. The van der Waals surface area contributed by atoms with Crippen molar-refractivity contribution in [2.75, 3.05) is 6.54 Å². The number of hydrogen-bond donors (Lipinski definition) is 1. The van der Waals surface area contributed by atoms with Gasteiger partial charge in [0.1, 0.15) is 5.82 Å². The van der Waals surface area contributed by atoms with Gasteiger partial charge in [0.05, 0.1) is 5.56 Å². The minimum Gasteiger partial charge on any atom is -0.330 e. The summed E-state index contributed by atoms with van der Waals surface area (Å²) in [6, 6.07) is 2.79. The molecule has 0 aromatic heterocycles. The van der Waals surface area contributed by atoms with E-state index in [1.54, 1.807) is 0 Å². The topological polar surface area (TPSA) is 26.0 Å². The predicted octanol–water partition coefficient (Wildman–Crippen LogP) is 4.01. The molecule has 2 N–H and O–H groups in total. The van der Waals surface area contributed by atoms with Gasteiger partial charge in [0, 0.05) is 12.0 Å². The Hall–Kier alpha value is -1.10. The van der Waals surface area contributed by atoms with Crippen molar-refractivity contribution in [1.29, 1.82) is 0 Å². The lowest BCUT2D eigenvalue weighted by molar-refractivity contribution is -0.137. The maximum Gasteiger partial charge on any atom is 0.416 e. The molecule has 1 aromatic rings. The van der Waals surface area contributed by atoms with Gasteiger partial charge < -0.3 is 5.73 Å². The molecule has 1 fully saturated rings. The lowest BCUT2D eigenvalue weighted by Gasteiger charge is -2.37. The molecule has 0 amide bonds. The van der Waals surface area contributed by atoms with E-state index in [4.69, 9.17) is 5.73 Å². The minimum absolute atomic E-state index is 0.273. The summed E-state index contributed by atoms with van der Waals surface area (Å²) in [5.74, 6) is -0.790. The number of halogens is 4. The lowest BCUT2D eigenvalue weighted by atomic mass is 9.69. The van der Waals surface area contributed by atoms with Gasteiger partial charge in [-0.05, 0) is 30.5 Å². The fourth-order valence-corrected chi connectivity index (χ4v) is 2.93. The Labute approximate surface area is 109 Å². The summed E-state index contributed by atoms with van der Waals surface area (Å²) in [5, 5.41) is 0. The highest BCUT2D eigenvalue weighted by Gasteiger charge is 2.37. The summed E-state index contributed by atoms with van der Waals surface area (Å²) >= 11 is 0. The van der Waals surface area contributed by atoms with Crippen LogP contribution in [0.4, 0.5) is 17.6 Å². The molecular weight excluding hydrogens is 258 g/mol. The van der Waals surface area contributed by atoms with Crippen LogP contribution in [0, 0.1) is 5.82 Å². The van der Waals surface area contributed by atoms with E-state index in [9.17, 15) is 17.6 Å². The van der Waals surface area contributed by atoms with Crippen molar-refractivity contribution in [3.05, 3.63) is 35.1 Å². The van der Waals surface area contributed by atoms with Gasteiger partial charge in [-0.1, -0.05) is 25.3 Å². The van der Waals surface area contributed by atoms with Crippen LogP contribution in [0.25, 0.3) is 0 Å². The van der Waals surface area contributed by atoms with Crippen molar-refractivity contribution in [1.82, 2.24) is 0 Å². The van der Waals surface area contributed by atoms with Gasteiger partial charge in [0.2, 0.25) is 0 Å². The van der Waals surface area contributed by atoms with E-state index in [-0.39, 0.29) is 6.54 Å². The third-order valence-electron chi connectivity index (χ3n) is 4.07. The Kier molecular flexibility index (Phi) is 3.85. The molecule has 0 aliphatic heterocycles. The average Bonchev–Trinajstić information content (AvgIpc) is 2.38. The van der Waals surface area contributed by atoms with Crippen LogP contribution in [0.1, 0.15) is 43.2 Å². The lowest BCUT2D eigenvalue weighted by Crippen LogP contribution is -2.38. The molecule has 0 radical (unpaired) electrons. The average molecular weight is 275 g/mol. The molecule has 1 aromatic carbocycles. The molecule has 0 atom stereocenters. The first-order valence-corrected chi connectivity index (χ1v) is 6.46. The van der Waals surface area contributed by atoms with Crippen molar-refractivity contribution in [3.8, 4) is 0 Å². The van der Waals surface area contributed by atoms with Crippen molar-refractivity contribution in [2.24, 2.45) is 5.73 Å². The van der Waals surface area contributed by atoms with Crippen molar-refractivity contribution in [2.45, 2.75) is 43.7 Å². The molecule has 0 spiro atoms. The minimum atomic E-state index is -4.51. The number of hydrogen-bond acceptors (Lipinski definition) is 1. The maximum absolute atomic E-state index is 14.0. The van der Waals surface area contributed by atoms with E-state index >= 15 is 0 Å². The molecule has 1 aliphatic rings. The molecule has 106 valence electrons. The van der Waals surface area contributed by atoms with Crippen LogP contribution >= 0.6 is 0 Å². The van der Waals surface area contributed by atoms with E-state index in [2.05, 4.69) is 0 Å². The van der Waals surface area contributed by atoms with Crippen LogP contribution in [-0.4, -0.2) is 6.54 Å². The highest BCUT2D eigenvalue weighted by Crippen LogP contribution is 2.41. The summed E-state index contributed by atoms with van der Waals surface area (Å²) in [7, 11) is 0. The fraction of sp³-hybridized carbons (Fsp3) is 0.571. The molecule has 5 heteroatoms. The van der Waals surface area contributed by atoms with Crippen LogP contribution in [0.15, 0.2) is 18.2 Å². The van der Waals surface area contributed by atoms with Crippen LogP contribution in [0.5, 0.6) is 0 Å². The molecule has 0 unspecified atom stereocenters. The van der Waals surface area contributed by atoms with Gasteiger partial charge in [-0.2, -0.15) is 13.2 Å². The molecule has 1 saturated carbocycles. The standard InChI is InChI=1S/C14H17F4N/c15-12-8-10(14(16,17)18)4-5-11(12)13(9-19)6-2-1-3-7-13/h4-5,8H,1-3,6-7,9,19H2. The number of alkyl halides is 3. The third kappa shape index (κ3) is 2.76. The van der Waals surface area contributed by atoms with E-state index in [1.807, 2.05) is 0 Å². The molecule has 0 bridgehead atoms. The Morgan fingerprint density at radius 3 is 2.21 bits per heavy atom. The molecule has 1 aliphatic carbocycles. The zero-order valence-corrected chi connectivity index (χ0v) is 10.6. The monoisotopic (exact) mass is 275 g/mol. The largest absolute Gasteiger partial charge is 0.416 e. The Morgan fingerprint density at radius 1 is 1.11 bits per heavy atom. The first-order valence-electron chi connectivity index (χ1n) is 6.46. The van der Waals surface area contributed by atoms with E-state index in [0.29, 0.717) is 11.6 Å². The second-order valence-corrected chi connectivity index (χ2v) is 5.24. The summed E-state index contributed by atoms with van der Waals surface area (Å²) in [5.41, 5.74) is 4.67. The highest BCUT2D eigenvalue weighted by atomic mass is 19.4. The van der Waals surface area contributed by atoms with E-state index in [1.165, 1.54) is 6.07 Å². The fourth-order valence-electron chi connectivity index (χ4n) is 2.93. The zero-order valence-electron chi connectivity index (χ0n) is 10.6. The molecule has 0 heterocycles. The van der Waals surface area contributed by atoms with Gasteiger partial charge in [0.25, 0.3) is 0 Å². The van der Waals surface area contributed by atoms with Crippen LogP contribution in [-0.2, 0) is 11.6 Å². The zero-order chi connectivity index (χ0) is 14.1. The van der Waals surface area contributed by atoms with Gasteiger partial charge >= 0.3 is 6.18 Å². The van der Waals surface area contributed by atoms with Crippen LogP contribution in [0.3, 0.4) is 0 Å². The van der Waals surface area contributed by atoms with Gasteiger partial charge in [-0.15, -0.1) is 0 Å². The van der Waals surface area contributed by atoms with Crippen molar-refractivity contribution < 1.29 is 17.6 Å². The van der Waals surface area contributed by atoms with Gasteiger partial charge in [0.15, 0.2) is 0 Å². The van der Waals surface area contributed by atoms with Crippen molar-refractivity contribution in [3.63, 3.8) is 0 Å². The quantitative estimate of drug-likeness (QED) is 0.811. The molecule has 0 saturated heterocycles. The van der Waals surface area contributed by atoms with E-state index in [0.717, 1.165) is 38.2 Å². The van der Waals surface area contributed by atoms with Gasteiger partial charge in [-0.3, -0.25) is 0 Å². The number of nitrogens with two attached hydrogens (primary N) is 1. The Morgan fingerprint density at radius 2 is 1.74 bits per heavy atom. The van der Waals surface area contributed by atoms with Crippen molar-refractivity contribution >= 4 is 0 Å². The molecule has 1 nitrogen and oxygen atoms in total. The third-order valence-corrected chi connectivity index (χ3v) is 4.07. The van der Waals surface area contributed by atoms with Gasteiger partial charge in [-0.25, -0.2) is 4.39 Å².